The first-order chi connectivity index (χ1) is 21.4. The van der Waals surface area contributed by atoms with Crippen molar-refractivity contribution in [2.24, 2.45) is 0 Å². The molecule has 3 fully saturated rings. The predicted molar refractivity (Wildman–Crippen MR) is 183 cm³/mol. The minimum absolute atomic E-state index is 0.134. The standard InChI is InChI=1S/C39H52N2O4/c1-25-15-31(16-26(2)36(25)40(13-14-42)19-33-22-43-33)38(5,6)29-9-11-30(12-10-29)39(7,8)32-17-27(3)37(28(4)18-32)41(20-34-23-44-34)21-35-24-45-35/h9-12,15-18,33-35,42H,13-14,19-24H2,1-8H3. The highest BCUT2D eigenvalue weighted by molar-refractivity contribution is 5.63. The molecule has 3 unspecified atom stereocenters. The van der Waals surface area contributed by atoms with Gasteiger partial charge in [0.25, 0.3) is 0 Å². The van der Waals surface area contributed by atoms with Crippen LogP contribution in [0.2, 0.25) is 0 Å². The van der Waals surface area contributed by atoms with E-state index in [0.29, 0.717) is 18.8 Å². The number of aliphatic hydroxyl groups excluding tert-OH is 1. The molecule has 3 aliphatic rings. The highest BCUT2D eigenvalue weighted by atomic mass is 16.6. The van der Waals surface area contributed by atoms with Gasteiger partial charge >= 0.3 is 0 Å². The maximum Gasteiger partial charge on any atom is 0.0984 e. The second-order valence-electron chi connectivity index (χ2n) is 14.7. The van der Waals surface area contributed by atoms with Gasteiger partial charge < -0.3 is 29.1 Å². The predicted octanol–water partition coefficient (Wildman–Crippen LogP) is 6.37. The molecule has 3 aromatic rings. The highest BCUT2D eigenvalue weighted by Gasteiger charge is 2.34. The number of aryl methyl sites for hydroxylation is 4. The lowest BCUT2D eigenvalue weighted by Crippen LogP contribution is -2.33. The number of benzene rings is 3. The van der Waals surface area contributed by atoms with Crippen molar-refractivity contribution in [3.63, 3.8) is 0 Å². The average molecular weight is 613 g/mol. The van der Waals surface area contributed by atoms with Gasteiger partial charge in [0, 0.05) is 48.4 Å². The Balaban J connectivity index is 1.23. The van der Waals surface area contributed by atoms with Crippen molar-refractivity contribution in [3.8, 4) is 0 Å². The van der Waals surface area contributed by atoms with E-state index >= 15 is 0 Å². The van der Waals surface area contributed by atoms with E-state index < -0.39 is 0 Å². The molecule has 1 N–H and O–H groups in total. The molecule has 6 rings (SSSR count). The van der Waals surface area contributed by atoms with Crippen molar-refractivity contribution in [2.45, 2.75) is 84.5 Å². The maximum atomic E-state index is 9.73. The van der Waals surface area contributed by atoms with Crippen molar-refractivity contribution in [1.29, 1.82) is 0 Å². The van der Waals surface area contributed by atoms with Crippen LogP contribution in [-0.4, -0.2) is 76.0 Å². The van der Waals surface area contributed by atoms with Crippen molar-refractivity contribution in [2.75, 3.05) is 62.4 Å². The summed E-state index contributed by atoms with van der Waals surface area (Å²) in [6.45, 7) is 24.2. The van der Waals surface area contributed by atoms with Gasteiger partial charge in [-0.05, 0) is 72.2 Å². The summed E-state index contributed by atoms with van der Waals surface area (Å²) in [5.74, 6) is 0. The van der Waals surface area contributed by atoms with Crippen LogP contribution in [0.4, 0.5) is 11.4 Å². The molecular weight excluding hydrogens is 560 g/mol. The van der Waals surface area contributed by atoms with Gasteiger partial charge in [-0.2, -0.15) is 0 Å². The van der Waals surface area contributed by atoms with Gasteiger partial charge in [-0.3, -0.25) is 0 Å². The summed E-state index contributed by atoms with van der Waals surface area (Å²) >= 11 is 0. The molecule has 3 aromatic carbocycles. The van der Waals surface area contributed by atoms with Crippen molar-refractivity contribution < 1.29 is 19.3 Å². The summed E-state index contributed by atoms with van der Waals surface area (Å²) in [4.78, 5) is 4.77. The Bertz CT molecular complexity index is 1460. The molecule has 0 aromatic heterocycles. The van der Waals surface area contributed by atoms with Crippen LogP contribution in [-0.2, 0) is 25.0 Å². The number of hydrogen-bond acceptors (Lipinski definition) is 6. The van der Waals surface area contributed by atoms with Crippen LogP contribution in [0.1, 0.15) is 72.2 Å². The number of hydrogen-bond donors (Lipinski definition) is 1. The Morgan fingerprint density at radius 3 is 1.20 bits per heavy atom. The summed E-state index contributed by atoms with van der Waals surface area (Å²) in [5, 5.41) is 9.73. The van der Waals surface area contributed by atoms with Gasteiger partial charge in [-0.15, -0.1) is 0 Å². The molecule has 45 heavy (non-hydrogen) atoms. The lowest BCUT2D eigenvalue weighted by Gasteiger charge is -2.33. The topological polar surface area (TPSA) is 64.3 Å². The summed E-state index contributed by atoms with van der Waals surface area (Å²) in [5.41, 5.74) is 12.6. The third-order valence-corrected chi connectivity index (χ3v) is 10.2. The number of anilines is 2. The normalized spacial score (nSPS) is 20.7. The molecule has 0 spiro atoms. The van der Waals surface area contributed by atoms with Gasteiger partial charge in [0.2, 0.25) is 0 Å². The fraction of sp³-hybridized carbons (Fsp3) is 0.538. The van der Waals surface area contributed by atoms with Crippen LogP contribution in [0.3, 0.4) is 0 Å². The molecule has 3 heterocycles. The maximum absolute atomic E-state index is 9.73. The van der Waals surface area contributed by atoms with Gasteiger partial charge in [-0.25, -0.2) is 0 Å². The van der Waals surface area contributed by atoms with E-state index in [0.717, 1.165) is 39.5 Å². The minimum Gasteiger partial charge on any atom is -0.395 e. The third kappa shape index (κ3) is 6.95. The van der Waals surface area contributed by atoms with E-state index in [1.54, 1.807) is 0 Å². The van der Waals surface area contributed by atoms with E-state index in [2.05, 4.69) is 114 Å². The van der Waals surface area contributed by atoms with Crippen LogP contribution in [0.25, 0.3) is 0 Å². The molecule has 0 radical (unpaired) electrons. The first-order valence-electron chi connectivity index (χ1n) is 16.7. The average Bonchev–Trinajstić information content (AvgIpc) is 3.81. The first kappa shape index (κ1) is 32.1. The molecule has 3 atom stereocenters. The Kier molecular flexibility index (Phi) is 8.81. The molecule has 242 valence electrons. The lowest BCUT2D eigenvalue weighted by molar-refractivity contribution is 0.299. The van der Waals surface area contributed by atoms with E-state index in [9.17, 15) is 5.11 Å². The summed E-state index contributed by atoms with van der Waals surface area (Å²) in [6.07, 6.45) is 0.964. The first-order valence-corrected chi connectivity index (χ1v) is 16.7. The Morgan fingerprint density at radius 2 is 0.889 bits per heavy atom. The van der Waals surface area contributed by atoms with Gasteiger partial charge in [0.15, 0.2) is 0 Å². The van der Waals surface area contributed by atoms with Crippen molar-refractivity contribution >= 4 is 11.4 Å². The second kappa shape index (κ2) is 12.4. The fourth-order valence-corrected chi connectivity index (χ4v) is 7.20. The smallest absolute Gasteiger partial charge is 0.0984 e. The molecule has 6 nitrogen and oxygen atoms in total. The Labute approximate surface area is 270 Å². The van der Waals surface area contributed by atoms with Crippen molar-refractivity contribution in [1.82, 2.24) is 0 Å². The van der Waals surface area contributed by atoms with E-state index in [1.807, 2.05) is 0 Å². The Morgan fingerprint density at radius 1 is 0.578 bits per heavy atom. The molecule has 3 saturated heterocycles. The Hall–Kier alpha value is -2.90. The van der Waals surface area contributed by atoms with Gasteiger partial charge in [0.1, 0.15) is 0 Å². The third-order valence-electron chi connectivity index (χ3n) is 10.2. The van der Waals surface area contributed by atoms with Crippen LogP contribution in [0.5, 0.6) is 0 Å². The molecular formula is C39H52N2O4. The minimum atomic E-state index is -0.160. The molecule has 0 aliphatic carbocycles. The molecule has 6 heteroatoms. The molecule has 3 aliphatic heterocycles. The number of epoxide rings is 3. The molecule has 0 bridgehead atoms. The summed E-state index contributed by atoms with van der Waals surface area (Å²) in [7, 11) is 0. The van der Waals surface area contributed by atoms with Gasteiger partial charge in [0.05, 0.1) is 44.7 Å². The number of nitrogens with zero attached hydrogens (tertiary/aromatic N) is 2. The largest absolute Gasteiger partial charge is 0.395 e. The van der Waals surface area contributed by atoms with Crippen LogP contribution in [0.15, 0.2) is 48.5 Å². The zero-order valence-electron chi connectivity index (χ0n) is 28.6. The molecule has 0 saturated carbocycles. The van der Waals surface area contributed by atoms with Crippen LogP contribution >= 0.6 is 0 Å². The second-order valence-corrected chi connectivity index (χ2v) is 14.7. The number of ether oxygens (including phenoxy) is 3. The van der Waals surface area contributed by atoms with E-state index in [4.69, 9.17) is 14.2 Å². The fourth-order valence-electron chi connectivity index (χ4n) is 7.20. The van der Waals surface area contributed by atoms with Gasteiger partial charge in [-0.1, -0.05) is 76.2 Å². The molecule has 0 amide bonds. The van der Waals surface area contributed by atoms with Crippen molar-refractivity contribution in [3.05, 3.63) is 93.0 Å². The zero-order valence-corrected chi connectivity index (χ0v) is 28.6. The summed E-state index contributed by atoms with van der Waals surface area (Å²) in [6, 6.07) is 18.7. The van der Waals surface area contributed by atoms with Crippen LogP contribution < -0.4 is 9.80 Å². The highest BCUT2D eigenvalue weighted by Crippen LogP contribution is 2.40. The quantitative estimate of drug-likeness (QED) is 0.214. The SMILES string of the molecule is Cc1cc(C(C)(C)c2ccc(C(C)(C)c3cc(C)c(N(CC4CO4)CC4CO4)c(C)c3)cc2)cc(C)c1N(CCO)CC1CO1. The summed E-state index contributed by atoms with van der Waals surface area (Å²) < 4.78 is 16.7. The van der Waals surface area contributed by atoms with E-state index in [1.165, 1.54) is 55.9 Å². The lowest BCUT2D eigenvalue weighted by atomic mass is 9.73. The zero-order chi connectivity index (χ0) is 32.1. The number of rotatable bonds is 14. The van der Waals surface area contributed by atoms with Crippen LogP contribution in [0, 0.1) is 27.7 Å². The number of aliphatic hydroxyl groups is 1. The van der Waals surface area contributed by atoms with E-state index in [-0.39, 0.29) is 23.5 Å². The monoisotopic (exact) mass is 612 g/mol.